The molecule has 0 aromatic heterocycles. The van der Waals surface area contributed by atoms with E-state index in [0.29, 0.717) is 12.1 Å². The Hall–Kier alpha value is -2.34. The van der Waals surface area contributed by atoms with Crippen LogP contribution in [0.5, 0.6) is 0 Å². The highest BCUT2D eigenvalue weighted by atomic mass is 16.5. The number of benzene rings is 1. The third-order valence-electron chi connectivity index (χ3n) is 5.65. The SMILES string of the molecule is COC(=O)C1=C(CN2CCCCC2)N(C2CC2)C(=O)N[C@H]1c1ccccc1. The zero-order valence-electron chi connectivity index (χ0n) is 15.8. The lowest BCUT2D eigenvalue weighted by Crippen LogP contribution is -2.52. The highest BCUT2D eigenvalue weighted by Crippen LogP contribution is 2.38. The number of ether oxygens (including phenoxy) is 1. The summed E-state index contributed by atoms with van der Waals surface area (Å²) in [6.07, 6.45) is 5.55. The third kappa shape index (κ3) is 3.72. The first-order valence-electron chi connectivity index (χ1n) is 9.87. The summed E-state index contributed by atoms with van der Waals surface area (Å²) in [4.78, 5) is 30.0. The van der Waals surface area contributed by atoms with E-state index in [1.165, 1.54) is 26.4 Å². The van der Waals surface area contributed by atoms with Gasteiger partial charge >= 0.3 is 12.0 Å². The lowest BCUT2D eigenvalue weighted by atomic mass is 9.94. The Labute approximate surface area is 160 Å². The number of rotatable bonds is 5. The van der Waals surface area contributed by atoms with Crippen molar-refractivity contribution < 1.29 is 14.3 Å². The Balaban J connectivity index is 1.78. The highest BCUT2D eigenvalue weighted by Gasteiger charge is 2.44. The van der Waals surface area contributed by atoms with Gasteiger partial charge in [0.2, 0.25) is 0 Å². The number of carbonyl (C=O) groups is 2. The molecule has 1 saturated heterocycles. The fourth-order valence-electron chi connectivity index (χ4n) is 4.13. The van der Waals surface area contributed by atoms with Crippen LogP contribution in [0, 0.1) is 0 Å². The molecule has 1 aromatic rings. The fraction of sp³-hybridized carbons (Fsp3) is 0.524. The number of nitrogens with zero attached hydrogens (tertiary/aromatic N) is 2. The minimum absolute atomic E-state index is 0.106. The molecule has 27 heavy (non-hydrogen) atoms. The van der Waals surface area contributed by atoms with Crippen LogP contribution < -0.4 is 5.32 Å². The monoisotopic (exact) mass is 369 g/mol. The van der Waals surface area contributed by atoms with Gasteiger partial charge in [-0.1, -0.05) is 36.8 Å². The highest BCUT2D eigenvalue weighted by molar-refractivity contribution is 5.95. The zero-order valence-corrected chi connectivity index (χ0v) is 15.8. The molecule has 144 valence electrons. The van der Waals surface area contributed by atoms with Gasteiger partial charge in [0.25, 0.3) is 0 Å². The van der Waals surface area contributed by atoms with Crippen molar-refractivity contribution in [2.24, 2.45) is 0 Å². The van der Waals surface area contributed by atoms with Crippen molar-refractivity contribution in [1.29, 1.82) is 0 Å². The van der Waals surface area contributed by atoms with Gasteiger partial charge < -0.3 is 10.1 Å². The molecule has 2 aliphatic heterocycles. The number of urea groups is 1. The van der Waals surface area contributed by atoms with Gasteiger partial charge in [-0.25, -0.2) is 9.59 Å². The maximum absolute atomic E-state index is 13.0. The fourth-order valence-corrected chi connectivity index (χ4v) is 4.13. The molecule has 0 unspecified atom stereocenters. The Morgan fingerprint density at radius 2 is 1.85 bits per heavy atom. The molecular formula is C21H27N3O3. The number of methoxy groups -OCH3 is 1. The van der Waals surface area contributed by atoms with Crippen LogP contribution in [-0.2, 0) is 9.53 Å². The summed E-state index contributed by atoms with van der Waals surface area (Å²) in [5.41, 5.74) is 2.29. The number of piperidine rings is 1. The summed E-state index contributed by atoms with van der Waals surface area (Å²) in [7, 11) is 1.41. The van der Waals surface area contributed by atoms with Crippen molar-refractivity contribution in [3.63, 3.8) is 0 Å². The van der Waals surface area contributed by atoms with Crippen LogP contribution in [0.2, 0.25) is 0 Å². The number of esters is 1. The van der Waals surface area contributed by atoms with Crippen molar-refractivity contribution in [3.05, 3.63) is 47.2 Å². The Kier molecular flexibility index (Phi) is 5.16. The standard InChI is InChI=1S/C21H27N3O3/c1-27-20(25)18-17(14-23-12-6-3-7-13-23)24(16-10-11-16)21(26)22-19(18)15-8-4-2-5-9-15/h2,4-5,8-9,16,19H,3,6-7,10-14H2,1H3,(H,22,26)/t19-/m0/s1. The molecule has 2 fully saturated rings. The molecule has 0 bridgehead atoms. The summed E-state index contributed by atoms with van der Waals surface area (Å²) in [6, 6.07) is 9.29. The molecule has 1 aromatic carbocycles. The summed E-state index contributed by atoms with van der Waals surface area (Å²) >= 11 is 0. The van der Waals surface area contributed by atoms with Gasteiger partial charge in [-0.3, -0.25) is 9.80 Å². The van der Waals surface area contributed by atoms with E-state index in [9.17, 15) is 9.59 Å². The van der Waals surface area contributed by atoms with Crippen LogP contribution in [0.4, 0.5) is 4.79 Å². The number of amides is 2. The number of nitrogens with one attached hydrogen (secondary N) is 1. The molecule has 6 heteroatoms. The quantitative estimate of drug-likeness (QED) is 0.811. The minimum Gasteiger partial charge on any atom is -0.466 e. The average Bonchev–Trinajstić information content (AvgIpc) is 3.53. The molecule has 2 amide bonds. The summed E-state index contributed by atoms with van der Waals surface area (Å²) in [5.74, 6) is -0.360. The minimum atomic E-state index is -0.471. The van der Waals surface area contributed by atoms with Crippen molar-refractivity contribution in [2.45, 2.75) is 44.2 Å². The van der Waals surface area contributed by atoms with E-state index < -0.39 is 6.04 Å². The second-order valence-electron chi connectivity index (χ2n) is 7.58. The molecule has 1 aliphatic carbocycles. The summed E-state index contributed by atoms with van der Waals surface area (Å²) in [6.45, 7) is 2.64. The summed E-state index contributed by atoms with van der Waals surface area (Å²) < 4.78 is 5.15. The van der Waals surface area contributed by atoms with Crippen molar-refractivity contribution >= 4 is 12.0 Å². The van der Waals surface area contributed by atoms with Gasteiger partial charge in [0, 0.05) is 18.3 Å². The second-order valence-corrected chi connectivity index (χ2v) is 7.58. The molecular weight excluding hydrogens is 342 g/mol. The predicted molar refractivity (Wildman–Crippen MR) is 102 cm³/mol. The lowest BCUT2D eigenvalue weighted by molar-refractivity contribution is -0.136. The average molecular weight is 369 g/mol. The van der Waals surface area contributed by atoms with Gasteiger partial charge in [0.15, 0.2) is 0 Å². The largest absolute Gasteiger partial charge is 0.466 e. The molecule has 4 rings (SSSR count). The topological polar surface area (TPSA) is 61.9 Å². The van der Waals surface area contributed by atoms with E-state index in [4.69, 9.17) is 4.74 Å². The van der Waals surface area contributed by atoms with Crippen LogP contribution in [0.3, 0.4) is 0 Å². The Bertz CT molecular complexity index is 736. The smallest absolute Gasteiger partial charge is 0.338 e. The number of likely N-dealkylation sites (tertiary alicyclic amines) is 1. The zero-order chi connectivity index (χ0) is 18.8. The van der Waals surface area contributed by atoms with Crippen LogP contribution in [0.15, 0.2) is 41.6 Å². The predicted octanol–water partition coefficient (Wildman–Crippen LogP) is 2.83. The van der Waals surface area contributed by atoms with E-state index in [1.807, 2.05) is 35.2 Å². The first-order valence-corrected chi connectivity index (χ1v) is 9.87. The van der Waals surface area contributed by atoms with Crippen LogP contribution >= 0.6 is 0 Å². The molecule has 1 N–H and O–H groups in total. The lowest BCUT2D eigenvalue weighted by Gasteiger charge is -2.39. The van der Waals surface area contributed by atoms with Gasteiger partial charge in [-0.2, -0.15) is 0 Å². The van der Waals surface area contributed by atoms with Crippen LogP contribution in [0.1, 0.15) is 43.7 Å². The first kappa shape index (κ1) is 18.0. The van der Waals surface area contributed by atoms with Crippen molar-refractivity contribution in [1.82, 2.24) is 15.1 Å². The van der Waals surface area contributed by atoms with Crippen LogP contribution in [-0.4, -0.2) is 54.6 Å². The second kappa shape index (κ2) is 7.72. The van der Waals surface area contributed by atoms with Gasteiger partial charge in [0.1, 0.15) is 0 Å². The van der Waals surface area contributed by atoms with Gasteiger partial charge in [0.05, 0.1) is 18.7 Å². The third-order valence-corrected chi connectivity index (χ3v) is 5.65. The van der Waals surface area contributed by atoms with E-state index in [0.717, 1.165) is 37.2 Å². The number of hydrogen-bond acceptors (Lipinski definition) is 4. The number of carbonyl (C=O) groups excluding carboxylic acids is 2. The number of hydrogen-bond donors (Lipinski definition) is 1. The molecule has 6 nitrogen and oxygen atoms in total. The Morgan fingerprint density at radius 1 is 1.15 bits per heavy atom. The Morgan fingerprint density at radius 3 is 2.48 bits per heavy atom. The van der Waals surface area contributed by atoms with E-state index >= 15 is 0 Å². The molecule has 0 spiro atoms. The molecule has 3 aliphatic rings. The van der Waals surface area contributed by atoms with Crippen LogP contribution in [0.25, 0.3) is 0 Å². The normalized spacial score (nSPS) is 24.0. The molecule has 0 radical (unpaired) electrons. The van der Waals surface area contributed by atoms with Crippen molar-refractivity contribution in [3.8, 4) is 0 Å². The molecule has 2 heterocycles. The summed E-state index contributed by atoms with van der Waals surface area (Å²) in [5, 5.41) is 3.05. The van der Waals surface area contributed by atoms with Gasteiger partial charge in [-0.05, 0) is 44.3 Å². The first-order chi connectivity index (χ1) is 13.2. The van der Waals surface area contributed by atoms with E-state index in [-0.39, 0.29) is 18.0 Å². The molecule has 1 saturated carbocycles. The van der Waals surface area contributed by atoms with Crippen molar-refractivity contribution in [2.75, 3.05) is 26.7 Å². The molecule has 1 atom stereocenters. The van der Waals surface area contributed by atoms with Gasteiger partial charge in [-0.15, -0.1) is 0 Å². The van der Waals surface area contributed by atoms with E-state index in [1.54, 1.807) is 0 Å². The maximum Gasteiger partial charge on any atom is 0.338 e. The maximum atomic E-state index is 13.0. The van der Waals surface area contributed by atoms with E-state index in [2.05, 4.69) is 10.2 Å².